The van der Waals surface area contributed by atoms with Crippen molar-refractivity contribution in [1.29, 1.82) is 0 Å². The molecule has 0 aliphatic carbocycles. The van der Waals surface area contributed by atoms with Crippen LogP contribution in [0.1, 0.15) is 24.5 Å². The van der Waals surface area contributed by atoms with Crippen molar-refractivity contribution in [3.63, 3.8) is 0 Å². The van der Waals surface area contributed by atoms with E-state index in [2.05, 4.69) is 15.9 Å². The number of halogens is 1. The molecule has 3 heterocycles. The van der Waals surface area contributed by atoms with E-state index in [9.17, 15) is 16.8 Å². The van der Waals surface area contributed by atoms with Gasteiger partial charge in [-0.25, -0.2) is 0 Å². The molecule has 0 N–H and O–H groups in total. The van der Waals surface area contributed by atoms with Crippen LogP contribution in [0.2, 0.25) is 0 Å². The Morgan fingerprint density at radius 2 is 1.41 bits per heavy atom. The minimum Gasteiger partial charge on any atom is -0.371 e. The van der Waals surface area contributed by atoms with Crippen LogP contribution in [-0.4, -0.2) is 72.0 Å². The Kier molecular flexibility index (Phi) is 10.0. The third kappa shape index (κ3) is 7.56. The number of fused-ring (bicyclic) bond motifs is 1. The lowest BCUT2D eigenvalue weighted by atomic mass is 10.1. The first-order valence-electron chi connectivity index (χ1n) is 12.7. The second-order valence-corrected chi connectivity index (χ2v) is 13.9. The molecule has 214 valence electrons. The van der Waals surface area contributed by atoms with E-state index in [1.165, 1.54) is 0 Å². The van der Waals surface area contributed by atoms with Gasteiger partial charge in [-0.05, 0) is 44.5 Å². The van der Waals surface area contributed by atoms with Crippen LogP contribution in [-0.2, 0) is 42.8 Å². The van der Waals surface area contributed by atoms with Crippen molar-refractivity contribution in [2.24, 2.45) is 0 Å². The lowest BCUT2D eigenvalue weighted by Gasteiger charge is -2.20. The first kappa shape index (κ1) is 30.3. The molecule has 0 aromatic heterocycles. The second-order valence-electron chi connectivity index (χ2n) is 9.55. The van der Waals surface area contributed by atoms with Crippen LogP contribution < -0.4 is 0 Å². The molecule has 3 aliphatic rings. The van der Waals surface area contributed by atoms with Crippen LogP contribution >= 0.6 is 15.9 Å². The minimum absolute atomic E-state index is 0.0863. The Hall–Kier alpha value is -1.64. The van der Waals surface area contributed by atoms with Crippen molar-refractivity contribution in [2.45, 2.75) is 72.3 Å². The van der Waals surface area contributed by atoms with Crippen LogP contribution in [0, 0.1) is 13.8 Å². The van der Waals surface area contributed by atoms with Crippen molar-refractivity contribution in [3.8, 4) is 0 Å². The van der Waals surface area contributed by atoms with Crippen LogP contribution in [0.5, 0.6) is 0 Å². The standard InChI is InChI=1S/C14H18O4S.C13H15BrO5S/c1-3-13(14-5-4-10-17-14)18-19(15,16)12-8-6-11(2)7-9-12;1-8-2-4-9(5-3-8)20(15,16)19-11-7-18-12-10(14)6-17-13(11)12/h4-9,13-14H,3,10H2,1-2H3;2-5,10-13H,6-7H2,1H3/t13-,14-;10-,11-,12+,13+/m00/s1. The van der Waals surface area contributed by atoms with Gasteiger partial charge < -0.3 is 14.2 Å². The maximum absolute atomic E-state index is 12.2. The van der Waals surface area contributed by atoms with Crippen LogP contribution in [0.15, 0.2) is 70.5 Å². The number of alkyl halides is 1. The number of hydrogen-bond donors (Lipinski definition) is 0. The molecule has 2 fully saturated rings. The fraction of sp³-hybridized carbons (Fsp3) is 0.481. The van der Waals surface area contributed by atoms with Crippen LogP contribution in [0.25, 0.3) is 0 Å². The molecular weight excluding hydrogens is 612 g/mol. The number of rotatable bonds is 8. The molecule has 12 heteroatoms. The summed E-state index contributed by atoms with van der Waals surface area (Å²) in [7, 11) is -7.53. The molecule has 3 aliphatic heterocycles. The normalized spacial score (nSPS) is 27.1. The zero-order chi connectivity index (χ0) is 28.2. The molecule has 0 spiro atoms. The molecule has 0 unspecified atom stereocenters. The molecule has 6 atom stereocenters. The Morgan fingerprint density at radius 1 is 0.846 bits per heavy atom. The molecule has 5 rings (SSSR count). The molecule has 0 radical (unpaired) electrons. The SMILES string of the molecule is CC[C@H](OS(=O)(=O)c1ccc(C)cc1)[C@@H]1C=CCO1.Cc1ccc(S(=O)(=O)O[C@H]2CO[C@H]3[C@@H]2OC[C@@H]3Br)cc1. The highest BCUT2D eigenvalue weighted by atomic mass is 79.9. The van der Waals surface area contributed by atoms with Crippen molar-refractivity contribution < 1.29 is 39.4 Å². The Morgan fingerprint density at radius 3 is 1.95 bits per heavy atom. The number of ether oxygens (including phenoxy) is 3. The largest absolute Gasteiger partial charge is 0.371 e. The summed E-state index contributed by atoms with van der Waals surface area (Å²) in [6.45, 7) is 6.92. The summed E-state index contributed by atoms with van der Waals surface area (Å²) in [6, 6.07) is 13.2. The first-order chi connectivity index (χ1) is 18.5. The van der Waals surface area contributed by atoms with Crippen LogP contribution in [0.3, 0.4) is 0 Å². The quantitative estimate of drug-likeness (QED) is 0.238. The smallest absolute Gasteiger partial charge is 0.297 e. The van der Waals surface area contributed by atoms with Gasteiger partial charge in [-0.15, -0.1) is 0 Å². The summed E-state index contributed by atoms with van der Waals surface area (Å²) in [4.78, 5) is 0.418. The number of aryl methyl sites for hydroxylation is 2. The van der Waals surface area contributed by atoms with Gasteiger partial charge in [0.15, 0.2) is 0 Å². The predicted molar refractivity (Wildman–Crippen MR) is 148 cm³/mol. The van der Waals surface area contributed by atoms with Crippen molar-refractivity contribution >= 4 is 36.2 Å². The Bertz CT molecular complexity index is 1340. The lowest BCUT2D eigenvalue weighted by Crippen LogP contribution is -2.33. The minimum atomic E-state index is -3.79. The first-order valence-corrected chi connectivity index (χ1v) is 16.4. The van der Waals surface area contributed by atoms with E-state index >= 15 is 0 Å². The van der Waals surface area contributed by atoms with E-state index < -0.39 is 32.4 Å². The van der Waals surface area contributed by atoms with E-state index in [0.717, 1.165) is 11.1 Å². The molecule has 39 heavy (non-hydrogen) atoms. The molecule has 2 aromatic carbocycles. The van der Waals surface area contributed by atoms with Gasteiger partial charge >= 0.3 is 0 Å². The fourth-order valence-corrected chi connectivity index (χ4v) is 7.17. The molecule has 2 saturated heterocycles. The molecule has 2 aromatic rings. The van der Waals surface area contributed by atoms with Gasteiger partial charge in [0.05, 0.1) is 34.4 Å². The highest BCUT2D eigenvalue weighted by Crippen LogP contribution is 2.34. The summed E-state index contributed by atoms with van der Waals surface area (Å²) < 4.78 is 75.9. The highest BCUT2D eigenvalue weighted by Gasteiger charge is 2.49. The van der Waals surface area contributed by atoms with Crippen molar-refractivity contribution in [1.82, 2.24) is 0 Å². The molecule has 0 amide bonds. The summed E-state index contributed by atoms with van der Waals surface area (Å²) in [5.41, 5.74) is 2.00. The van der Waals surface area contributed by atoms with Gasteiger partial charge in [-0.3, -0.25) is 8.37 Å². The maximum Gasteiger partial charge on any atom is 0.297 e. The third-order valence-electron chi connectivity index (χ3n) is 6.55. The third-order valence-corrected chi connectivity index (χ3v) is 10.0. The molecule has 0 saturated carbocycles. The lowest BCUT2D eigenvalue weighted by molar-refractivity contribution is 0.0291. The Labute approximate surface area is 238 Å². The van der Waals surface area contributed by atoms with E-state index in [1.807, 2.05) is 32.9 Å². The molecule has 9 nitrogen and oxygen atoms in total. The fourth-order valence-electron chi connectivity index (χ4n) is 4.34. The topological polar surface area (TPSA) is 114 Å². The number of hydrogen-bond acceptors (Lipinski definition) is 9. The van der Waals surface area contributed by atoms with E-state index in [0.29, 0.717) is 19.6 Å². The zero-order valence-corrected chi connectivity index (χ0v) is 25.2. The molecule has 0 bridgehead atoms. The predicted octanol–water partition coefficient (Wildman–Crippen LogP) is 4.06. The van der Waals surface area contributed by atoms with Gasteiger partial charge in [-0.1, -0.05) is 70.4 Å². The summed E-state index contributed by atoms with van der Waals surface area (Å²) >= 11 is 3.45. The average molecular weight is 646 g/mol. The van der Waals surface area contributed by atoms with E-state index in [-0.39, 0.29) is 39.5 Å². The highest BCUT2D eigenvalue weighted by molar-refractivity contribution is 9.09. The van der Waals surface area contributed by atoms with Crippen molar-refractivity contribution in [2.75, 3.05) is 19.8 Å². The summed E-state index contributed by atoms with van der Waals surface area (Å²) in [5, 5.41) is 0. The van der Waals surface area contributed by atoms with Gasteiger partial charge in [-0.2, -0.15) is 16.8 Å². The van der Waals surface area contributed by atoms with Gasteiger partial charge in [0.1, 0.15) is 30.5 Å². The second kappa shape index (κ2) is 12.9. The Balaban J connectivity index is 0.000000181. The monoisotopic (exact) mass is 644 g/mol. The van der Waals surface area contributed by atoms with E-state index in [4.69, 9.17) is 22.6 Å². The number of benzene rings is 2. The summed E-state index contributed by atoms with van der Waals surface area (Å²) in [5.74, 6) is 0. The van der Waals surface area contributed by atoms with Crippen molar-refractivity contribution in [3.05, 3.63) is 71.8 Å². The van der Waals surface area contributed by atoms with Gasteiger partial charge in [0, 0.05) is 0 Å². The van der Waals surface area contributed by atoms with Crippen LogP contribution in [0.4, 0.5) is 0 Å². The zero-order valence-electron chi connectivity index (χ0n) is 21.9. The van der Waals surface area contributed by atoms with Gasteiger partial charge in [0.25, 0.3) is 20.2 Å². The van der Waals surface area contributed by atoms with Gasteiger partial charge in [0.2, 0.25) is 0 Å². The summed E-state index contributed by atoms with van der Waals surface area (Å²) in [6.07, 6.45) is 2.45. The maximum atomic E-state index is 12.2. The van der Waals surface area contributed by atoms with E-state index in [1.54, 1.807) is 48.5 Å². The molecular formula is C27H33BrO9S2. The average Bonchev–Trinajstić information content (AvgIpc) is 3.65.